The number of aromatic nitrogens is 2. The van der Waals surface area contributed by atoms with Crippen LogP contribution in [0.2, 0.25) is 0 Å². The van der Waals surface area contributed by atoms with E-state index in [1.807, 2.05) is 0 Å². The molecule has 0 aromatic carbocycles. The molecule has 1 unspecified atom stereocenters. The molecule has 1 heterocycles. The molecule has 1 N–H and O–H groups in total. The second kappa shape index (κ2) is 7.96. The summed E-state index contributed by atoms with van der Waals surface area (Å²) in [5.41, 5.74) is 0.444. The monoisotopic (exact) mass is 307 g/mol. The van der Waals surface area contributed by atoms with Crippen molar-refractivity contribution >= 4 is 11.9 Å². The number of carbonyl (C=O) groups excluding carboxylic acids is 2. The summed E-state index contributed by atoms with van der Waals surface area (Å²) in [6, 6.07) is 1.06. The largest absolute Gasteiger partial charge is 0.467 e. The van der Waals surface area contributed by atoms with Crippen molar-refractivity contribution in [2.45, 2.75) is 51.0 Å². The first kappa shape index (κ1) is 16.5. The van der Waals surface area contributed by atoms with E-state index in [9.17, 15) is 9.59 Å². The molecule has 0 saturated heterocycles. The van der Waals surface area contributed by atoms with Crippen LogP contribution in [-0.2, 0) is 16.6 Å². The zero-order valence-corrected chi connectivity index (χ0v) is 13.4. The van der Waals surface area contributed by atoms with E-state index in [-0.39, 0.29) is 17.8 Å². The Balaban J connectivity index is 2.09. The van der Waals surface area contributed by atoms with Crippen molar-refractivity contribution in [3.8, 4) is 0 Å². The van der Waals surface area contributed by atoms with Crippen molar-refractivity contribution in [2.75, 3.05) is 7.11 Å². The van der Waals surface area contributed by atoms with Gasteiger partial charge < -0.3 is 10.1 Å². The number of esters is 1. The zero-order valence-electron chi connectivity index (χ0n) is 13.4. The predicted octanol–water partition coefficient (Wildman–Crippen LogP) is 2.05. The molecule has 122 valence electrons. The van der Waals surface area contributed by atoms with Gasteiger partial charge in [0.15, 0.2) is 0 Å². The maximum atomic E-state index is 12.4. The molecule has 1 aromatic rings. The van der Waals surface area contributed by atoms with Gasteiger partial charge in [0.05, 0.1) is 7.11 Å². The highest BCUT2D eigenvalue weighted by Crippen LogP contribution is 2.25. The summed E-state index contributed by atoms with van der Waals surface area (Å²) in [4.78, 5) is 24.5. The lowest BCUT2D eigenvalue weighted by Gasteiger charge is -2.27. The summed E-state index contributed by atoms with van der Waals surface area (Å²) < 4.78 is 6.41. The standard InChI is InChI=1S/C16H25N3O3/c1-19-13(10-11-17-19)15(20)18-14(16(21)22-2)12-8-6-4-3-5-7-9-12/h10-12,14H,3-9H2,1-2H3,(H,18,20). The second-order valence-corrected chi connectivity index (χ2v) is 5.92. The molecule has 2 rings (SSSR count). The summed E-state index contributed by atoms with van der Waals surface area (Å²) in [5.74, 6) is -0.497. The summed E-state index contributed by atoms with van der Waals surface area (Å²) >= 11 is 0. The van der Waals surface area contributed by atoms with E-state index in [1.54, 1.807) is 19.3 Å². The molecular formula is C16H25N3O3. The molecule has 6 heteroatoms. The Bertz CT molecular complexity index is 504. The normalized spacial score (nSPS) is 18.1. The van der Waals surface area contributed by atoms with Crippen LogP contribution >= 0.6 is 0 Å². The summed E-state index contributed by atoms with van der Waals surface area (Å²) in [6.45, 7) is 0. The first-order valence-electron chi connectivity index (χ1n) is 8.00. The number of hydrogen-bond acceptors (Lipinski definition) is 4. The van der Waals surface area contributed by atoms with Crippen LogP contribution in [0.5, 0.6) is 0 Å². The number of methoxy groups -OCH3 is 1. The van der Waals surface area contributed by atoms with Gasteiger partial charge in [0, 0.05) is 13.2 Å². The Morgan fingerprint density at radius 3 is 2.45 bits per heavy atom. The Morgan fingerprint density at radius 1 is 1.27 bits per heavy atom. The lowest BCUT2D eigenvalue weighted by Crippen LogP contribution is -2.47. The van der Waals surface area contributed by atoms with E-state index in [4.69, 9.17) is 4.74 Å². The highest BCUT2D eigenvalue weighted by molar-refractivity contribution is 5.95. The summed E-state index contributed by atoms with van der Waals surface area (Å²) in [6.07, 6.45) is 9.31. The molecule has 0 bridgehead atoms. The number of carbonyl (C=O) groups is 2. The van der Waals surface area contributed by atoms with E-state index >= 15 is 0 Å². The van der Waals surface area contributed by atoms with Crippen LogP contribution in [0.3, 0.4) is 0 Å². The van der Waals surface area contributed by atoms with Gasteiger partial charge in [-0.3, -0.25) is 9.48 Å². The maximum absolute atomic E-state index is 12.4. The zero-order chi connectivity index (χ0) is 15.9. The third kappa shape index (κ3) is 4.08. The quantitative estimate of drug-likeness (QED) is 0.864. The highest BCUT2D eigenvalue weighted by atomic mass is 16.5. The third-order valence-corrected chi connectivity index (χ3v) is 4.42. The molecule has 1 atom stereocenters. The van der Waals surface area contributed by atoms with Gasteiger partial charge in [0.2, 0.25) is 0 Å². The van der Waals surface area contributed by atoms with E-state index in [2.05, 4.69) is 10.4 Å². The summed E-state index contributed by atoms with van der Waals surface area (Å²) in [7, 11) is 3.08. The van der Waals surface area contributed by atoms with Crippen LogP contribution < -0.4 is 5.32 Å². The maximum Gasteiger partial charge on any atom is 0.328 e. The number of nitrogens with one attached hydrogen (secondary N) is 1. The average Bonchev–Trinajstić information content (AvgIpc) is 2.90. The van der Waals surface area contributed by atoms with Gasteiger partial charge >= 0.3 is 5.97 Å². The molecule has 1 aliphatic carbocycles. The van der Waals surface area contributed by atoms with Crippen molar-refractivity contribution < 1.29 is 14.3 Å². The van der Waals surface area contributed by atoms with Crippen molar-refractivity contribution in [3.63, 3.8) is 0 Å². The Labute approximate surface area is 131 Å². The molecule has 1 saturated carbocycles. The Kier molecular flexibility index (Phi) is 5.98. The lowest BCUT2D eigenvalue weighted by molar-refractivity contribution is -0.144. The predicted molar refractivity (Wildman–Crippen MR) is 82.3 cm³/mol. The van der Waals surface area contributed by atoms with Gasteiger partial charge in [0.25, 0.3) is 5.91 Å². The average molecular weight is 307 g/mol. The van der Waals surface area contributed by atoms with Crippen LogP contribution in [0.15, 0.2) is 12.3 Å². The van der Waals surface area contributed by atoms with E-state index < -0.39 is 6.04 Å². The second-order valence-electron chi connectivity index (χ2n) is 5.92. The number of amides is 1. The minimum atomic E-state index is -0.578. The lowest BCUT2D eigenvalue weighted by atomic mass is 9.85. The van der Waals surface area contributed by atoms with Crippen molar-refractivity contribution in [1.82, 2.24) is 15.1 Å². The van der Waals surface area contributed by atoms with Gasteiger partial charge in [-0.15, -0.1) is 0 Å². The molecule has 1 aromatic heterocycles. The number of aryl methyl sites for hydroxylation is 1. The molecule has 1 amide bonds. The Hall–Kier alpha value is -1.85. The van der Waals surface area contributed by atoms with Crippen LogP contribution in [0, 0.1) is 5.92 Å². The molecule has 0 aliphatic heterocycles. The molecule has 6 nitrogen and oxygen atoms in total. The SMILES string of the molecule is COC(=O)C(NC(=O)c1ccnn1C)C1CCCCCCC1. The van der Waals surface area contributed by atoms with Crippen molar-refractivity contribution in [3.05, 3.63) is 18.0 Å². The van der Waals surface area contributed by atoms with E-state index in [0.717, 1.165) is 25.7 Å². The smallest absolute Gasteiger partial charge is 0.328 e. The molecule has 22 heavy (non-hydrogen) atoms. The number of nitrogens with zero attached hydrogens (tertiary/aromatic N) is 2. The van der Waals surface area contributed by atoms with Crippen LogP contribution in [0.25, 0.3) is 0 Å². The van der Waals surface area contributed by atoms with Crippen molar-refractivity contribution in [2.24, 2.45) is 13.0 Å². The topological polar surface area (TPSA) is 73.2 Å². The van der Waals surface area contributed by atoms with Crippen LogP contribution in [-0.4, -0.2) is 34.8 Å². The first-order chi connectivity index (χ1) is 10.6. The van der Waals surface area contributed by atoms with E-state index in [1.165, 1.54) is 31.1 Å². The molecular weight excluding hydrogens is 282 g/mol. The van der Waals surface area contributed by atoms with E-state index in [0.29, 0.717) is 5.69 Å². The molecule has 1 fully saturated rings. The third-order valence-electron chi connectivity index (χ3n) is 4.42. The van der Waals surface area contributed by atoms with Gasteiger partial charge in [-0.05, 0) is 24.8 Å². The minimum absolute atomic E-state index is 0.143. The number of hydrogen-bond donors (Lipinski definition) is 1. The fourth-order valence-corrected chi connectivity index (χ4v) is 3.13. The fraction of sp³-hybridized carbons (Fsp3) is 0.688. The van der Waals surface area contributed by atoms with Crippen LogP contribution in [0.1, 0.15) is 55.4 Å². The van der Waals surface area contributed by atoms with Gasteiger partial charge in [0.1, 0.15) is 11.7 Å². The number of rotatable bonds is 4. The fourth-order valence-electron chi connectivity index (χ4n) is 3.13. The van der Waals surface area contributed by atoms with Gasteiger partial charge in [-0.2, -0.15) is 5.10 Å². The molecule has 0 radical (unpaired) electrons. The summed E-state index contributed by atoms with van der Waals surface area (Å²) in [5, 5.41) is 6.84. The minimum Gasteiger partial charge on any atom is -0.467 e. The highest BCUT2D eigenvalue weighted by Gasteiger charge is 2.31. The number of ether oxygens (including phenoxy) is 1. The molecule has 0 spiro atoms. The molecule has 1 aliphatic rings. The van der Waals surface area contributed by atoms with Gasteiger partial charge in [-0.25, -0.2) is 4.79 Å². The first-order valence-corrected chi connectivity index (χ1v) is 8.00. The van der Waals surface area contributed by atoms with Crippen molar-refractivity contribution in [1.29, 1.82) is 0 Å². The Morgan fingerprint density at radius 2 is 1.91 bits per heavy atom. The van der Waals surface area contributed by atoms with Crippen LogP contribution in [0.4, 0.5) is 0 Å². The van der Waals surface area contributed by atoms with Gasteiger partial charge in [-0.1, -0.05) is 32.1 Å².